The Labute approximate surface area is 219 Å². The molecule has 0 spiro atoms. The van der Waals surface area contributed by atoms with Crippen LogP contribution in [0.4, 0.5) is 4.39 Å². The molecule has 1 atom stereocenters. The second-order valence-electron chi connectivity index (χ2n) is 8.24. The molecule has 7 heteroatoms. The van der Waals surface area contributed by atoms with Crippen LogP contribution in [-0.4, -0.2) is 35.9 Å². The van der Waals surface area contributed by atoms with E-state index in [4.69, 9.17) is 4.74 Å². The second-order valence-corrected chi connectivity index (χ2v) is 9.49. The fourth-order valence-electron chi connectivity index (χ4n) is 3.61. The van der Waals surface area contributed by atoms with E-state index < -0.39 is 6.04 Å². The van der Waals surface area contributed by atoms with Crippen molar-refractivity contribution in [3.63, 3.8) is 0 Å². The lowest BCUT2D eigenvalue weighted by atomic mass is 10.0. The molecular formula is C28H30FIN2O3. The molecule has 0 aliphatic heterocycles. The number of halogens is 2. The molecule has 184 valence electrons. The third-order valence-electron chi connectivity index (χ3n) is 5.54. The van der Waals surface area contributed by atoms with Gasteiger partial charge in [-0.15, -0.1) is 0 Å². The van der Waals surface area contributed by atoms with E-state index in [0.29, 0.717) is 18.7 Å². The minimum atomic E-state index is -0.743. The molecule has 0 fully saturated rings. The summed E-state index contributed by atoms with van der Waals surface area (Å²) in [5.41, 5.74) is 1.67. The first-order chi connectivity index (χ1) is 17.0. The summed E-state index contributed by atoms with van der Waals surface area (Å²) < 4.78 is 20.3. The molecule has 0 saturated heterocycles. The number of hydrogen-bond acceptors (Lipinski definition) is 3. The molecule has 3 rings (SSSR count). The summed E-state index contributed by atoms with van der Waals surface area (Å²) >= 11 is 2.20. The molecule has 1 N–H and O–H groups in total. The topological polar surface area (TPSA) is 58.6 Å². The maximum atomic E-state index is 13.5. The highest BCUT2D eigenvalue weighted by molar-refractivity contribution is 14.1. The van der Waals surface area contributed by atoms with Gasteiger partial charge in [0.1, 0.15) is 17.6 Å². The number of nitrogens with zero attached hydrogens (tertiary/aromatic N) is 1. The van der Waals surface area contributed by atoms with E-state index in [1.807, 2.05) is 42.5 Å². The van der Waals surface area contributed by atoms with Gasteiger partial charge in [0, 0.05) is 23.1 Å². The van der Waals surface area contributed by atoms with E-state index in [9.17, 15) is 14.0 Å². The van der Waals surface area contributed by atoms with Crippen LogP contribution >= 0.6 is 22.6 Å². The van der Waals surface area contributed by atoms with Crippen molar-refractivity contribution >= 4 is 34.4 Å². The zero-order valence-corrected chi connectivity index (χ0v) is 21.9. The van der Waals surface area contributed by atoms with Gasteiger partial charge in [0.2, 0.25) is 5.91 Å². The van der Waals surface area contributed by atoms with Gasteiger partial charge in [0.25, 0.3) is 5.91 Å². The number of carbonyl (C=O) groups is 2. The van der Waals surface area contributed by atoms with Crippen molar-refractivity contribution in [1.82, 2.24) is 10.2 Å². The van der Waals surface area contributed by atoms with Gasteiger partial charge < -0.3 is 15.0 Å². The first kappa shape index (κ1) is 26.7. The zero-order valence-electron chi connectivity index (χ0n) is 19.8. The van der Waals surface area contributed by atoms with Crippen LogP contribution in [0.2, 0.25) is 0 Å². The summed E-state index contributed by atoms with van der Waals surface area (Å²) in [5, 5.41) is 2.98. The number of amides is 2. The van der Waals surface area contributed by atoms with E-state index in [0.717, 1.165) is 27.5 Å². The molecule has 5 nitrogen and oxygen atoms in total. The van der Waals surface area contributed by atoms with Crippen LogP contribution in [0.5, 0.6) is 5.75 Å². The first-order valence-corrected chi connectivity index (χ1v) is 12.8. The lowest BCUT2D eigenvalue weighted by Crippen LogP contribution is -2.51. The van der Waals surface area contributed by atoms with Crippen LogP contribution in [0.15, 0.2) is 78.9 Å². The molecule has 0 aliphatic carbocycles. The lowest BCUT2D eigenvalue weighted by molar-refractivity contribution is -0.142. The third-order valence-corrected chi connectivity index (χ3v) is 6.26. The van der Waals surface area contributed by atoms with Gasteiger partial charge in [-0.05, 0) is 76.5 Å². The van der Waals surface area contributed by atoms with E-state index >= 15 is 0 Å². The molecule has 3 aromatic carbocycles. The number of ether oxygens (including phenoxy) is 1. The number of carbonyl (C=O) groups excluding carboxylic acids is 2. The average molecular weight is 588 g/mol. The van der Waals surface area contributed by atoms with Crippen molar-refractivity contribution in [3.05, 3.63) is 99.4 Å². The minimum absolute atomic E-state index is 0.161. The quantitative estimate of drug-likeness (QED) is 0.229. The largest absolute Gasteiger partial charge is 0.484 e. The highest BCUT2D eigenvalue weighted by Crippen LogP contribution is 2.17. The summed E-state index contributed by atoms with van der Waals surface area (Å²) in [6.45, 7) is 2.54. The van der Waals surface area contributed by atoms with Crippen molar-refractivity contribution < 1.29 is 18.7 Å². The van der Waals surface area contributed by atoms with Crippen LogP contribution in [0.3, 0.4) is 0 Å². The van der Waals surface area contributed by atoms with Crippen LogP contribution in [0.25, 0.3) is 0 Å². The van der Waals surface area contributed by atoms with E-state index in [2.05, 4.69) is 34.8 Å². The Morgan fingerprint density at radius 1 is 0.971 bits per heavy atom. The maximum Gasteiger partial charge on any atom is 0.261 e. The molecule has 0 aliphatic rings. The molecule has 0 bridgehead atoms. The second kappa shape index (κ2) is 13.8. The fraction of sp³-hybridized carbons (Fsp3) is 0.286. The van der Waals surface area contributed by atoms with E-state index in [1.54, 1.807) is 24.3 Å². The highest BCUT2D eigenvalue weighted by Gasteiger charge is 2.30. The molecule has 2 amide bonds. The maximum absolute atomic E-state index is 13.5. The van der Waals surface area contributed by atoms with Crippen molar-refractivity contribution in [2.24, 2.45) is 0 Å². The monoisotopic (exact) mass is 588 g/mol. The zero-order chi connectivity index (χ0) is 25.0. The normalized spacial score (nSPS) is 11.5. The van der Waals surface area contributed by atoms with Crippen molar-refractivity contribution in [2.75, 3.05) is 13.2 Å². The number of hydrogen-bond donors (Lipinski definition) is 1. The summed E-state index contributed by atoms with van der Waals surface area (Å²) in [6.07, 6.45) is 2.16. The van der Waals surface area contributed by atoms with E-state index in [-0.39, 0.29) is 30.8 Å². The van der Waals surface area contributed by atoms with Crippen molar-refractivity contribution in [3.8, 4) is 5.75 Å². The van der Waals surface area contributed by atoms with Crippen LogP contribution < -0.4 is 10.1 Å². The molecular weight excluding hydrogens is 558 g/mol. The van der Waals surface area contributed by atoms with Crippen LogP contribution in [0.1, 0.15) is 30.9 Å². The van der Waals surface area contributed by atoms with Gasteiger partial charge in [0.05, 0.1) is 0 Å². The standard InChI is InChI=1S/C28H30FIN2O3/c1-2-3-17-31-28(34)26(18-21-7-5-4-6-8-21)32(19-22-9-11-23(29)12-10-22)27(33)20-35-25-15-13-24(30)14-16-25/h4-16,26H,2-3,17-20H2,1H3,(H,31,34)/t26-/m1/s1. The Morgan fingerprint density at radius 3 is 2.31 bits per heavy atom. The smallest absolute Gasteiger partial charge is 0.261 e. The number of benzene rings is 3. The number of unbranched alkanes of at least 4 members (excludes halogenated alkanes) is 1. The number of rotatable bonds is 12. The molecule has 3 aromatic rings. The predicted molar refractivity (Wildman–Crippen MR) is 143 cm³/mol. The number of nitrogens with one attached hydrogen (secondary N) is 1. The van der Waals surface area contributed by atoms with Crippen molar-refractivity contribution in [2.45, 2.75) is 38.8 Å². The lowest BCUT2D eigenvalue weighted by Gasteiger charge is -2.31. The fourth-order valence-corrected chi connectivity index (χ4v) is 3.97. The van der Waals surface area contributed by atoms with Gasteiger partial charge >= 0.3 is 0 Å². The average Bonchev–Trinajstić information content (AvgIpc) is 2.87. The summed E-state index contributed by atoms with van der Waals surface area (Å²) in [5.74, 6) is -0.314. The molecule has 0 radical (unpaired) electrons. The first-order valence-electron chi connectivity index (χ1n) is 11.7. The molecule has 0 aromatic heterocycles. The van der Waals surface area contributed by atoms with Gasteiger partial charge in [-0.2, -0.15) is 0 Å². The Hall–Kier alpha value is -2.94. The Balaban J connectivity index is 1.86. The highest BCUT2D eigenvalue weighted by atomic mass is 127. The van der Waals surface area contributed by atoms with Crippen LogP contribution in [0, 0.1) is 9.39 Å². The third kappa shape index (κ3) is 8.65. The summed E-state index contributed by atoms with van der Waals surface area (Å²) in [6, 6.07) is 22.2. The van der Waals surface area contributed by atoms with E-state index in [1.165, 1.54) is 17.0 Å². The Bertz CT molecular complexity index is 1080. The summed E-state index contributed by atoms with van der Waals surface area (Å²) in [4.78, 5) is 28.3. The molecule has 0 unspecified atom stereocenters. The van der Waals surface area contributed by atoms with Gasteiger partial charge in [-0.25, -0.2) is 4.39 Å². The van der Waals surface area contributed by atoms with Gasteiger partial charge in [-0.3, -0.25) is 9.59 Å². The molecule has 35 heavy (non-hydrogen) atoms. The van der Waals surface area contributed by atoms with Crippen molar-refractivity contribution in [1.29, 1.82) is 0 Å². The Morgan fingerprint density at radius 2 is 1.66 bits per heavy atom. The molecule has 0 saturated carbocycles. The SMILES string of the molecule is CCCCNC(=O)[C@@H](Cc1ccccc1)N(Cc1ccc(F)cc1)C(=O)COc1ccc(I)cc1. The predicted octanol–water partition coefficient (Wildman–Crippen LogP) is 5.37. The van der Waals surface area contributed by atoms with Crippen LogP contribution in [-0.2, 0) is 22.6 Å². The Kier molecular flexibility index (Phi) is 10.5. The minimum Gasteiger partial charge on any atom is -0.484 e. The summed E-state index contributed by atoms with van der Waals surface area (Å²) in [7, 11) is 0. The van der Waals surface area contributed by atoms with Gasteiger partial charge in [0.15, 0.2) is 6.61 Å². The van der Waals surface area contributed by atoms with Gasteiger partial charge in [-0.1, -0.05) is 55.8 Å². The molecule has 0 heterocycles.